The standard InChI is InChI=1S/C16H17ClN2O3/c1-10-4-5-12(8-13(10)17)19-18-9-11-6-14(21-2)16(20)15(7-11)22-3/h4-9,19-20H,1-3H3. The van der Waals surface area contributed by atoms with Crippen LogP contribution in [0.3, 0.4) is 0 Å². The number of nitrogens with one attached hydrogen (secondary N) is 1. The van der Waals surface area contributed by atoms with E-state index >= 15 is 0 Å². The summed E-state index contributed by atoms with van der Waals surface area (Å²) in [7, 11) is 2.95. The van der Waals surface area contributed by atoms with Crippen LogP contribution in [0.25, 0.3) is 0 Å². The van der Waals surface area contributed by atoms with Gasteiger partial charge in [-0.05, 0) is 36.8 Å². The number of hydrogen-bond acceptors (Lipinski definition) is 5. The molecule has 2 N–H and O–H groups in total. The summed E-state index contributed by atoms with van der Waals surface area (Å²) in [6.07, 6.45) is 1.60. The summed E-state index contributed by atoms with van der Waals surface area (Å²) in [5, 5.41) is 14.7. The number of hydrazone groups is 1. The van der Waals surface area contributed by atoms with Gasteiger partial charge in [-0.2, -0.15) is 5.10 Å². The minimum Gasteiger partial charge on any atom is -0.502 e. The van der Waals surface area contributed by atoms with Crippen LogP contribution in [0.2, 0.25) is 5.02 Å². The van der Waals surface area contributed by atoms with Crippen LogP contribution in [-0.2, 0) is 0 Å². The van der Waals surface area contributed by atoms with Crippen molar-refractivity contribution in [1.29, 1.82) is 0 Å². The van der Waals surface area contributed by atoms with Gasteiger partial charge in [0.15, 0.2) is 11.5 Å². The second-order valence-corrected chi connectivity index (χ2v) is 5.02. The molecule has 2 aromatic rings. The van der Waals surface area contributed by atoms with Crippen LogP contribution >= 0.6 is 11.6 Å². The summed E-state index contributed by atoms with van der Waals surface area (Å²) in [5.74, 6) is 0.596. The van der Waals surface area contributed by atoms with Gasteiger partial charge in [0.05, 0.1) is 26.1 Å². The Balaban J connectivity index is 2.17. The maximum absolute atomic E-state index is 9.85. The number of nitrogens with zero attached hydrogens (tertiary/aromatic N) is 1. The fourth-order valence-electron chi connectivity index (χ4n) is 1.83. The lowest BCUT2D eigenvalue weighted by Crippen LogP contribution is -1.94. The van der Waals surface area contributed by atoms with Gasteiger partial charge in [-0.3, -0.25) is 5.43 Å². The van der Waals surface area contributed by atoms with Crippen LogP contribution in [0, 0.1) is 6.92 Å². The monoisotopic (exact) mass is 320 g/mol. The van der Waals surface area contributed by atoms with Crippen LogP contribution in [0.5, 0.6) is 17.2 Å². The highest BCUT2D eigenvalue weighted by atomic mass is 35.5. The molecule has 22 heavy (non-hydrogen) atoms. The highest BCUT2D eigenvalue weighted by Crippen LogP contribution is 2.36. The molecule has 6 heteroatoms. The average molecular weight is 321 g/mol. The van der Waals surface area contributed by atoms with E-state index in [1.54, 1.807) is 24.4 Å². The number of ether oxygens (including phenoxy) is 2. The summed E-state index contributed by atoms with van der Waals surface area (Å²) >= 11 is 6.05. The molecular weight excluding hydrogens is 304 g/mol. The van der Waals surface area contributed by atoms with Gasteiger partial charge < -0.3 is 14.6 Å². The minimum atomic E-state index is -0.0413. The van der Waals surface area contributed by atoms with Crippen LogP contribution < -0.4 is 14.9 Å². The van der Waals surface area contributed by atoms with E-state index in [4.69, 9.17) is 21.1 Å². The summed E-state index contributed by atoms with van der Waals surface area (Å²) in [6.45, 7) is 1.93. The molecule has 0 spiro atoms. The van der Waals surface area contributed by atoms with Gasteiger partial charge >= 0.3 is 0 Å². The van der Waals surface area contributed by atoms with Crippen molar-refractivity contribution < 1.29 is 14.6 Å². The number of anilines is 1. The second kappa shape index (κ2) is 7.04. The Morgan fingerprint density at radius 3 is 2.32 bits per heavy atom. The maximum atomic E-state index is 9.85. The lowest BCUT2D eigenvalue weighted by atomic mass is 10.2. The topological polar surface area (TPSA) is 63.1 Å². The van der Waals surface area contributed by atoms with Gasteiger partial charge in [0.25, 0.3) is 0 Å². The third-order valence-electron chi connectivity index (χ3n) is 3.08. The zero-order valence-electron chi connectivity index (χ0n) is 12.6. The van der Waals surface area contributed by atoms with E-state index in [0.717, 1.165) is 16.8 Å². The van der Waals surface area contributed by atoms with Crippen LogP contribution in [0.4, 0.5) is 5.69 Å². The summed E-state index contributed by atoms with van der Waals surface area (Å²) in [5.41, 5.74) is 5.40. The lowest BCUT2D eigenvalue weighted by Gasteiger charge is -2.09. The van der Waals surface area contributed by atoms with Crippen molar-refractivity contribution >= 4 is 23.5 Å². The van der Waals surface area contributed by atoms with Crippen molar-refractivity contribution in [3.8, 4) is 17.2 Å². The first-order valence-corrected chi connectivity index (χ1v) is 6.93. The van der Waals surface area contributed by atoms with Gasteiger partial charge in [0.1, 0.15) is 0 Å². The number of phenols is 1. The zero-order valence-corrected chi connectivity index (χ0v) is 13.3. The fraction of sp³-hybridized carbons (Fsp3) is 0.188. The molecule has 0 aliphatic carbocycles. The van der Waals surface area contributed by atoms with Crippen molar-refractivity contribution in [1.82, 2.24) is 0 Å². The van der Waals surface area contributed by atoms with E-state index in [1.807, 2.05) is 19.1 Å². The molecule has 0 aliphatic heterocycles. The Labute approximate surface area is 134 Å². The number of aromatic hydroxyl groups is 1. The highest BCUT2D eigenvalue weighted by molar-refractivity contribution is 6.31. The first-order valence-electron chi connectivity index (χ1n) is 6.55. The minimum absolute atomic E-state index is 0.0413. The Morgan fingerprint density at radius 1 is 1.14 bits per heavy atom. The van der Waals surface area contributed by atoms with Gasteiger partial charge in [-0.15, -0.1) is 0 Å². The number of aryl methyl sites for hydroxylation is 1. The molecule has 0 amide bonds. The van der Waals surface area contributed by atoms with Crippen LogP contribution in [0.15, 0.2) is 35.4 Å². The van der Waals surface area contributed by atoms with Gasteiger partial charge in [-0.25, -0.2) is 0 Å². The molecule has 0 radical (unpaired) electrons. The average Bonchev–Trinajstić information content (AvgIpc) is 2.52. The Kier molecular flexibility index (Phi) is 5.12. The predicted molar refractivity (Wildman–Crippen MR) is 88.6 cm³/mol. The molecule has 0 unspecified atom stereocenters. The first kappa shape index (κ1) is 16.0. The molecular formula is C16H17ClN2O3. The molecule has 0 aromatic heterocycles. The van der Waals surface area contributed by atoms with E-state index in [1.165, 1.54) is 14.2 Å². The van der Waals surface area contributed by atoms with Crippen LogP contribution in [0.1, 0.15) is 11.1 Å². The molecule has 116 valence electrons. The zero-order chi connectivity index (χ0) is 16.1. The van der Waals surface area contributed by atoms with Gasteiger partial charge in [-0.1, -0.05) is 17.7 Å². The Morgan fingerprint density at radius 2 is 1.77 bits per heavy atom. The van der Waals surface area contributed by atoms with Crippen molar-refractivity contribution in [3.63, 3.8) is 0 Å². The fourth-order valence-corrected chi connectivity index (χ4v) is 2.01. The highest BCUT2D eigenvalue weighted by Gasteiger charge is 2.10. The summed E-state index contributed by atoms with van der Waals surface area (Å²) < 4.78 is 10.2. The lowest BCUT2D eigenvalue weighted by molar-refractivity contribution is 0.340. The quantitative estimate of drug-likeness (QED) is 0.649. The van der Waals surface area contributed by atoms with E-state index in [2.05, 4.69) is 10.5 Å². The number of hydrogen-bond donors (Lipinski definition) is 2. The van der Waals surface area contributed by atoms with Crippen molar-refractivity contribution in [3.05, 3.63) is 46.5 Å². The number of methoxy groups -OCH3 is 2. The molecule has 0 fully saturated rings. The predicted octanol–water partition coefficient (Wildman–Crippen LogP) is 3.82. The van der Waals surface area contributed by atoms with Gasteiger partial charge in [0, 0.05) is 10.6 Å². The third kappa shape index (κ3) is 3.62. The number of halogens is 1. The van der Waals surface area contributed by atoms with Crippen molar-refractivity contribution in [2.45, 2.75) is 6.92 Å². The summed E-state index contributed by atoms with van der Waals surface area (Å²) in [6, 6.07) is 8.91. The SMILES string of the molecule is COc1cc(C=NNc2ccc(C)c(Cl)c2)cc(OC)c1O. The third-order valence-corrected chi connectivity index (χ3v) is 3.49. The molecule has 0 saturated heterocycles. The molecule has 0 saturated carbocycles. The Hall–Kier alpha value is -2.40. The molecule has 2 rings (SSSR count). The molecule has 5 nitrogen and oxygen atoms in total. The maximum Gasteiger partial charge on any atom is 0.200 e. The van der Waals surface area contributed by atoms with Crippen molar-refractivity contribution in [2.75, 3.05) is 19.6 Å². The van der Waals surface area contributed by atoms with Crippen molar-refractivity contribution in [2.24, 2.45) is 5.10 Å². The number of phenolic OH excluding ortho intramolecular Hbond substituents is 1. The smallest absolute Gasteiger partial charge is 0.200 e. The molecule has 0 bridgehead atoms. The van der Waals surface area contributed by atoms with Gasteiger partial charge in [0.2, 0.25) is 5.75 Å². The van der Waals surface area contributed by atoms with Crippen LogP contribution in [-0.4, -0.2) is 25.5 Å². The van der Waals surface area contributed by atoms with E-state index in [0.29, 0.717) is 16.5 Å². The van der Waals surface area contributed by atoms with E-state index in [-0.39, 0.29) is 5.75 Å². The number of rotatable bonds is 5. The normalized spacial score (nSPS) is 10.7. The largest absolute Gasteiger partial charge is 0.502 e. The second-order valence-electron chi connectivity index (χ2n) is 4.61. The molecule has 0 aliphatic rings. The summed E-state index contributed by atoms with van der Waals surface area (Å²) in [4.78, 5) is 0. The molecule has 2 aromatic carbocycles. The molecule has 0 atom stereocenters. The van der Waals surface area contributed by atoms with E-state index < -0.39 is 0 Å². The van der Waals surface area contributed by atoms with E-state index in [9.17, 15) is 5.11 Å². The Bertz CT molecular complexity index is 677. The molecule has 0 heterocycles. The number of benzene rings is 2. The first-order chi connectivity index (χ1) is 10.5.